The number of rotatable bonds is 1. The van der Waals surface area contributed by atoms with Gasteiger partial charge in [-0.1, -0.05) is 33.7 Å². The molecular weight excluding hydrogens is 212 g/mol. The van der Waals surface area contributed by atoms with Gasteiger partial charge in [-0.3, -0.25) is 0 Å². The summed E-state index contributed by atoms with van der Waals surface area (Å²) in [6, 6.07) is 8.41. The van der Waals surface area contributed by atoms with Gasteiger partial charge in [-0.2, -0.15) is 0 Å². The standard InChI is InChI=1S/C10H8N2S2/c11-9-8-2-1-7(10-13-14-10)5-6(8)3-4-12-9/h1-5,10H,(H2,11,12). The predicted octanol–water partition coefficient (Wildman–Crippen LogP) is 3.21. The monoisotopic (exact) mass is 220 g/mol. The topological polar surface area (TPSA) is 38.9 Å². The van der Waals surface area contributed by atoms with E-state index in [0.29, 0.717) is 10.4 Å². The van der Waals surface area contributed by atoms with Gasteiger partial charge >= 0.3 is 0 Å². The van der Waals surface area contributed by atoms with Gasteiger partial charge in [-0.05, 0) is 23.1 Å². The van der Waals surface area contributed by atoms with Crippen LogP contribution in [0.2, 0.25) is 0 Å². The molecule has 0 unspecified atom stereocenters. The molecule has 2 aromatic rings. The summed E-state index contributed by atoms with van der Waals surface area (Å²) in [5.74, 6) is 0.616. The molecule has 3 rings (SSSR count). The van der Waals surface area contributed by atoms with Crippen LogP contribution in [0, 0.1) is 0 Å². The first-order chi connectivity index (χ1) is 6.84. The molecule has 2 nitrogen and oxygen atoms in total. The number of benzene rings is 1. The van der Waals surface area contributed by atoms with Gasteiger partial charge in [0, 0.05) is 11.6 Å². The van der Waals surface area contributed by atoms with Crippen LogP contribution in [0.25, 0.3) is 10.8 Å². The summed E-state index contributed by atoms with van der Waals surface area (Å²) in [7, 11) is 3.81. The first kappa shape index (κ1) is 8.44. The second kappa shape index (κ2) is 3.07. The Morgan fingerprint density at radius 3 is 2.86 bits per heavy atom. The Hall–Kier alpha value is -0.870. The maximum atomic E-state index is 5.78. The summed E-state index contributed by atoms with van der Waals surface area (Å²) < 4.78 is 0.633. The zero-order valence-corrected chi connectivity index (χ0v) is 8.94. The van der Waals surface area contributed by atoms with Gasteiger partial charge < -0.3 is 5.73 Å². The summed E-state index contributed by atoms with van der Waals surface area (Å²) in [6.45, 7) is 0. The summed E-state index contributed by atoms with van der Waals surface area (Å²) >= 11 is 0. The van der Waals surface area contributed by atoms with Crippen LogP contribution in [-0.2, 0) is 0 Å². The lowest BCUT2D eigenvalue weighted by Crippen LogP contribution is -1.90. The van der Waals surface area contributed by atoms with Crippen LogP contribution in [0.3, 0.4) is 0 Å². The molecule has 14 heavy (non-hydrogen) atoms. The molecule has 0 atom stereocenters. The lowest BCUT2D eigenvalue weighted by Gasteiger charge is -2.02. The number of hydrogen-bond acceptors (Lipinski definition) is 4. The van der Waals surface area contributed by atoms with E-state index in [1.165, 1.54) is 10.9 Å². The fourth-order valence-electron chi connectivity index (χ4n) is 1.51. The van der Waals surface area contributed by atoms with E-state index in [1.807, 2.05) is 27.7 Å². The Kier molecular flexibility index (Phi) is 1.85. The Labute approximate surface area is 89.7 Å². The van der Waals surface area contributed by atoms with Gasteiger partial charge in [0.05, 0.1) is 4.58 Å². The number of pyridine rings is 1. The number of nitrogens with zero attached hydrogens (tertiary/aromatic N) is 1. The highest BCUT2D eigenvalue weighted by atomic mass is 33.2. The minimum Gasteiger partial charge on any atom is -0.383 e. The van der Waals surface area contributed by atoms with Crippen molar-refractivity contribution in [3.63, 3.8) is 0 Å². The third-order valence-electron chi connectivity index (χ3n) is 2.28. The molecular formula is C10H8N2S2. The van der Waals surface area contributed by atoms with Gasteiger partial charge in [-0.25, -0.2) is 4.98 Å². The average Bonchev–Trinajstić information content (AvgIpc) is 3.01. The van der Waals surface area contributed by atoms with Crippen molar-refractivity contribution in [2.45, 2.75) is 4.58 Å². The molecule has 1 fully saturated rings. The molecule has 1 aromatic heterocycles. The third kappa shape index (κ3) is 1.35. The lowest BCUT2D eigenvalue weighted by atomic mass is 10.1. The summed E-state index contributed by atoms with van der Waals surface area (Å²) in [5, 5.41) is 2.23. The normalized spacial score (nSPS) is 16.0. The summed E-state index contributed by atoms with van der Waals surface area (Å²) in [5.41, 5.74) is 7.15. The fourth-order valence-corrected chi connectivity index (χ4v) is 2.91. The molecule has 0 bridgehead atoms. The predicted molar refractivity (Wildman–Crippen MR) is 64.1 cm³/mol. The minimum absolute atomic E-state index is 0.616. The van der Waals surface area contributed by atoms with Crippen molar-refractivity contribution in [2.75, 3.05) is 5.73 Å². The molecule has 0 amide bonds. The molecule has 1 aliphatic rings. The van der Waals surface area contributed by atoms with Crippen molar-refractivity contribution in [3.8, 4) is 0 Å². The number of aromatic nitrogens is 1. The van der Waals surface area contributed by atoms with E-state index in [9.17, 15) is 0 Å². The second-order valence-corrected chi connectivity index (χ2v) is 5.98. The van der Waals surface area contributed by atoms with Crippen molar-refractivity contribution in [2.24, 2.45) is 0 Å². The van der Waals surface area contributed by atoms with Gasteiger partial charge in [-0.15, -0.1) is 0 Å². The van der Waals surface area contributed by atoms with Gasteiger partial charge in [0.2, 0.25) is 0 Å². The van der Waals surface area contributed by atoms with Crippen LogP contribution >= 0.6 is 21.6 Å². The zero-order valence-electron chi connectivity index (χ0n) is 7.31. The molecule has 1 aromatic carbocycles. The van der Waals surface area contributed by atoms with Crippen LogP contribution in [-0.4, -0.2) is 4.98 Å². The van der Waals surface area contributed by atoms with Gasteiger partial charge in [0.1, 0.15) is 5.82 Å². The van der Waals surface area contributed by atoms with E-state index in [4.69, 9.17) is 5.73 Å². The number of nitrogens with two attached hydrogens (primary N) is 1. The molecule has 4 heteroatoms. The van der Waals surface area contributed by atoms with Crippen LogP contribution < -0.4 is 5.73 Å². The molecule has 1 aliphatic heterocycles. The smallest absolute Gasteiger partial charge is 0.131 e. The Morgan fingerprint density at radius 2 is 2.07 bits per heavy atom. The molecule has 2 N–H and O–H groups in total. The average molecular weight is 220 g/mol. The molecule has 0 spiro atoms. The maximum absolute atomic E-state index is 5.78. The minimum atomic E-state index is 0.616. The zero-order chi connectivity index (χ0) is 9.54. The largest absolute Gasteiger partial charge is 0.383 e. The summed E-state index contributed by atoms with van der Waals surface area (Å²) in [6.07, 6.45) is 1.76. The quantitative estimate of drug-likeness (QED) is 0.591. The Balaban J connectivity index is 2.23. The highest BCUT2D eigenvalue weighted by Crippen LogP contribution is 2.65. The first-order valence-electron chi connectivity index (χ1n) is 4.31. The highest BCUT2D eigenvalue weighted by Gasteiger charge is 2.26. The molecule has 0 radical (unpaired) electrons. The van der Waals surface area contributed by atoms with Crippen LogP contribution in [0.5, 0.6) is 0 Å². The number of hydrogen-bond donors (Lipinski definition) is 1. The van der Waals surface area contributed by atoms with E-state index in [2.05, 4.69) is 23.2 Å². The SMILES string of the molecule is Nc1nccc2cc(C3SS3)ccc12. The molecule has 2 heterocycles. The third-order valence-corrected chi connectivity index (χ3v) is 4.37. The first-order valence-corrected chi connectivity index (χ1v) is 6.58. The lowest BCUT2D eigenvalue weighted by molar-refractivity contribution is 1.36. The number of anilines is 1. The van der Waals surface area contributed by atoms with Gasteiger partial charge in [0.25, 0.3) is 0 Å². The number of nitrogen functional groups attached to an aromatic ring is 1. The van der Waals surface area contributed by atoms with Crippen LogP contribution in [0.15, 0.2) is 30.5 Å². The Morgan fingerprint density at radius 1 is 1.21 bits per heavy atom. The van der Waals surface area contributed by atoms with E-state index < -0.39 is 0 Å². The highest BCUT2D eigenvalue weighted by molar-refractivity contribution is 8.92. The van der Waals surface area contributed by atoms with E-state index in [0.717, 1.165) is 5.39 Å². The number of fused-ring (bicyclic) bond motifs is 1. The molecule has 70 valence electrons. The van der Waals surface area contributed by atoms with Crippen LogP contribution in [0.4, 0.5) is 5.82 Å². The summed E-state index contributed by atoms with van der Waals surface area (Å²) in [4.78, 5) is 4.06. The van der Waals surface area contributed by atoms with Crippen LogP contribution in [0.1, 0.15) is 10.1 Å². The van der Waals surface area contributed by atoms with Crippen molar-refractivity contribution < 1.29 is 0 Å². The van der Waals surface area contributed by atoms with E-state index in [-0.39, 0.29) is 0 Å². The Bertz CT molecular complexity index is 494. The fraction of sp³-hybridized carbons (Fsp3) is 0.100. The second-order valence-electron chi connectivity index (χ2n) is 3.20. The van der Waals surface area contributed by atoms with Crippen molar-refractivity contribution in [1.29, 1.82) is 0 Å². The van der Waals surface area contributed by atoms with E-state index in [1.54, 1.807) is 6.20 Å². The van der Waals surface area contributed by atoms with Crippen molar-refractivity contribution in [1.82, 2.24) is 4.98 Å². The molecule has 0 saturated carbocycles. The molecule has 1 saturated heterocycles. The maximum Gasteiger partial charge on any atom is 0.131 e. The molecule has 0 aliphatic carbocycles. The van der Waals surface area contributed by atoms with Crippen molar-refractivity contribution >= 4 is 38.2 Å². The van der Waals surface area contributed by atoms with E-state index >= 15 is 0 Å². The van der Waals surface area contributed by atoms with Gasteiger partial charge in [0.15, 0.2) is 0 Å². The van der Waals surface area contributed by atoms with Crippen molar-refractivity contribution in [3.05, 3.63) is 36.0 Å².